The van der Waals surface area contributed by atoms with Crippen molar-refractivity contribution in [2.45, 2.75) is 58.0 Å². The van der Waals surface area contributed by atoms with Gasteiger partial charge in [0.05, 0.1) is 19.3 Å². The van der Waals surface area contributed by atoms with Crippen LogP contribution in [0.4, 0.5) is 0 Å². The zero-order valence-electron chi connectivity index (χ0n) is 14.9. The molecule has 1 atom stereocenters. The first-order valence-corrected chi connectivity index (χ1v) is 8.88. The second-order valence-electron chi connectivity index (χ2n) is 7.69. The van der Waals surface area contributed by atoms with E-state index in [2.05, 4.69) is 47.6 Å². The van der Waals surface area contributed by atoms with Gasteiger partial charge in [0.15, 0.2) is 5.82 Å². The minimum atomic E-state index is 0.132. The van der Waals surface area contributed by atoms with E-state index in [4.69, 9.17) is 9.26 Å². The van der Waals surface area contributed by atoms with E-state index in [1.54, 1.807) is 0 Å². The number of ether oxygens (including phenoxy) is 1. The van der Waals surface area contributed by atoms with Gasteiger partial charge in [0, 0.05) is 31.1 Å². The third-order valence-corrected chi connectivity index (χ3v) is 5.08. The molecule has 23 heavy (non-hydrogen) atoms. The molecule has 2 fully saturated rings. The summed E-state index contributed by atoms with van der Waals surface area (Å²) in [5.74, 6) is 1.93. The second kappa shape index (κ2) is 6.87. The van der Waals surface area contributed by atoms with Crippen LogP contribution in [-0.2, 0) is 4.74 Å². The van der Waals surface area contributed by atoms with Crippen molar-refractivity contribution >= 4 is 0 Å². The highest BCUT2D eigenvalue weighted by Gasteiger charge is 2.37. The van der Waals surface area contributed by atoms with Crippen LogP contribution in [0.3, 0.4) is 0 Å². The number of rotatable bonds is 5. The molecule has 0 aromatic carbocycles. The minimum absolute atomic E-state index is 0.132. The predicted octanol–water partition coefficient (Wildman–Crippen LogP) is 2.44. The molecule has 2 aliphatic rings. The average molecular weight is 322 g/mol. The molecule has 6 heteroatoms. The SMILES string of the molecule is CC(C)c1noc([C@H]2CCCN2CC(C)(C)N2CCOCC2)n1. The fourth-order valence-corrected chi connectivity index (χ4v) is 3.68. The van der Waals surface area contributed by atoms with Gasteiger partial charge >= 0.3 is 0 Å². The Bertz CT molecular complexity index is 508. The average Bonchev–Trinajstić information content (AvgIpc) is 3.16. The summed E-state index contributed by atoms with van der Waals surface area (Å²) >= 11 is 0. The fraction of sp³-hybridized carbons (Fsp3) is 0.882. The van der Waals surface area contributed by atoms with Gasteiger partial charge in [0.1, 0.15) is 0 Å². The van der Waals surface area contributed by atoms with Crippen molar-refractivity contribution in [1.82, 2.24) is 19.9 Å². The molecule has 1 aromatic rings. The van der Waals surface area contributed by atoms with E-state index in [0.717, 1.165) is 57.5 Å². The number of likely N-dealkylation sites (tertiary alicyclic amines) is 1. The van der Waals surface area contributed by atoms with Crippen molar-refractivity contribution in [1.29, 1.82) is 0 Å². The molecular weight excluding hydrogens is 292 g/mol. The Hall–Kier alpha value is -0.980. The van der Waals surface area contributed by atoms with E-state index in [9.17, 15) is 0 Å². The number of morpholine rings is 1. The Morgan fingerprint density at radius 1 is 1.22 bits per heavy atom. The highest BCUT2D eigenvalue weighted by atomic mass is 16.5. The highest BCUT2D eigenvalue weighted by molar-refractivity contribution is 5.01. The van der Waals surface area contributed by atoms with Gasteiger partial charge < -0.3 is 9.26 Å². The van der Waals surface area contributed by atoms with E-state index in [1.807, 2.05) is 0 Å². The Balaban J connectivity index is 1.68. The van der Waals surface area contributed by atoms with E-state index in [0.29, 0.717) is 5.92 Å². The van der Waals surface area contributed by atoms with E-state index < -0.39 is 0 Å². The third-order valence-electron chi connectivity index (χ3n) is 5.08. The first-order valence-electron chi connectivity index (χ1n) is 8.88. The first kappa shape index (κ1) is 16.9. The largest absolute Gasteiger partial charge is 0.379 e. The first-order chi connectivity index (χ1) is 11.0. The van der Waals surface area contributed by atoms with E-state index >= 15 is 0 Å². The molecule has 3 heterocycles. The van der Waals surface area contributed by atoms with Crippen LogP contribution in [0.15, 0.2) is 4.52 Å². The molecular formula is C17H30N4O2. The zero-order chi connectivity index (χ0) is 16.4. The van der Waals surface area contributed by atoms with Gasteiger partial charge in [-0.1, -0.05) is 19.0 Å². The monoisotopic (exact) mass is 322 g/mol. The second-order valence-corrected chi connectivity index (χ2v) is 7.69. The topological polar surface area (TPSA) is 54.6 Å². The van der Waals surface area contributed by atoms with Crippen LogP contribution in [0, 0.1) is 0 Å². The molecule has 0 unspecified atom stereocenters. The van der Waals surface area contributed by atoms with Gasteiger partial charge in [-0.25, -0.2) is 0 Å². The minimum Gasteiger partial charge on any atom is -0.379 e. The van der Waals surface area contributed by atoms with Crippen LogP contribution >= 0.6 is 0 Å². The highest BCUT2D eigenvalue weighted by Crippen LogP contribution is 2.33. The molecule has 0 spiro atoms. The summed E-state index contributed by atoms with van der Waals surface area (Å²) in [6.45, 7) is 14.7. The lowest BCUT2D eigenvalue weighted by atomic mass is 10.0. The molecule has 0 saturated carbocycles. The Morgan fingerprint density at radius 3 is 2.61 bits per heavy atom. The number of nitrogens with zero attached hydrogens (tertiary/aromatic N) is 4. The van der Waals surface area contributed by atoms with Gasteiger partial charge in [-0.05, 0) is 33.2 Å². The molecule has 0 radical (unpaired) electrons. The van der Waals surface area contributed by atoms with Crippen LogP contribution in [0.2, 0.25) is 0 Å². The lowest BCUT2D eigenvalue weighted by Crippen LogP contribution is -2.55. The van der Waals surface area contributed by atoms with Crippen LogP contribution in [-0.4, -0.2) is 64.9 Å². The maximum absolute atomic E-state index is 5.56. The van der Waals surface area contributed by atoms with Crippen molar-refractivity contribution in [3.8, 4) is 0 Å². The number of hydrogen-bond acceptors (Lipinski definition) is 6. The lowest BCUT2D eigenvalue weighted by Gasteiger charge is -2.43. The van der Waals surface area contributed by atoms with Gasteiger partial charge in [-0.15, -0.1) is 0 Å². The molecule has 0 N–H and O–H groups in total. The van der Waals surface area contributed by atoms with Crippen molar-refractivity contribution in [2.24, 2.45) is 0 Å². The molecule has 0 amide bonds. The summed E-state index contributed by atoms with van der Waals surface area (Å²) in [5.41, 5.74) is 0.132. The lowest BCUT2D eigenvalue weighted by molar-refractivity contribution is -0.0241. The fourth-order valence-electron chi connectivity index (χ4n) is 3.68. The number of aromatic nitrogens is 2. The van der Waals surface area contributed by atoms with Gasteiger partial charge in [-0.2, -0.15) is 4.98 Å². The summed E-state index contributed by atoms with van der Waals surface area (Å²) in [7, 11) is 0. The maximum Gasteiger partial charge on any atom is 0.244 e. The normalized spacial score (nSPS) is 24.7. The van der Waals surface area contributed by atoms with Gasteiger partial charge in [0.25, 0.3) is 0 Å². The zero-order valence-corrected chi connectivity index (χ0v) is 14.9. The maximum atomic E-state index is 5.56. The number of hydrogen-bond donors (Lipinski definition) is 0. The Morgan fingerprint density at radius 2 is 1.96 bits per heavy atom. The van der Waals surface area contributed by atoms with Crippen LogP contribution in [0.5, 0.6) is 0 Å². The quantitative estimate of drug-likeness (QED) is 0.830. The molecule has 6 nitrogen and oxygen atoms in total. The van der Waals surface area contributed by atoms with Crippen LogP contribution < -0.4 is 0 Å². The summed E-state index contributed by atoms with van der Waals surface area (Å²) < 4.78 is 11.1. The van der Waals surface area contributed by atoms with Crippen LogP contribution in [0.1, 0.15) is 64.2 Å². The summed E-state index contributed by atoms with van der Waals surface area (Å²) in [4.78, 5) is 9.69. The van der Waals surface area contributed by atoms with Crippen molar-refractivity contribution in [3.63, 3.8) is 0 Å². The van der Waals surface area contributed by atoms with E-state index in [1.165, 1.54) is 6.42 Å². The summed E-state index contributed by atoms with van der Waals surface area (Å²) in [6, 6.07) is 0.273. The molecule has 1 aromatic heterocycles. The molecule has 0 aliphatic carbocycles. The molecule has 2 aliphatic heterocycles. The Labute approximate surface area is 139 Å². The standard InChI is InChI=1S/C17H30N4O2/c1-13(2)15-18-16(23-19-15)14-6-5-7-20(14)12-17(3,4)21-8-10-22-11-9-21/h13-14H,5-12H2,1-4H3/t14-/m1/s1. The molecule has 3 rings (SSSR count). The van der Waals surface area contributed by atoms with Crippen LogP contribution in [0.25, 0.3) is 0 Å². The van der Waals surface area contributed by atoms with Crippen molar-refractivity contribution in [2.75, 3.05) is 39.4 Å². The summed E-state index contributed by atoms with van der Waals surface area (Å²) in [6.07, 6.45) is 2.31. The van der Waals surface area contributed by atoms with E-state index in [-0.39, 0.29) is 11.6 Å². The third kappa shape index (κ3) is 3.75. The smallest absolute Gasteiger partial charge is 0.244 e. The molecule has 130 valence electrons. The summed E-state index contributed by atoms with van der Waals surface area (Å²) in [5, 5.41) is 4.14. The predicted molar refractivity (Wildman–Crippen MR) is 88.4 cm³/mol. The molecule has 2 saturated heterocycles. The van der Waals surface area contributed by atoms with Gasteiger partial charge in [0.2, 0.25) is 5.89 Å². The van der Waals surface area contributed by atoms with Crippen molar-refractivity contribution < 1.29 is 9.26 Å². The Kier molecular flexibility index (Phi) is 5.04. The van der Waals surface area contributed by atoms with Crippen molar-refractivity contribution in [3.05, 3.63) is 11.7 Å². The molecule has 0 bridgehead atoms. The van der Waals surface area contributed by atoms with Gasteiger partial charge in [-0.3, -0.25) is 9.80 Å².